The van der Waals surface area contributed by atoms with Crippen molar-refractivity contribution < 1.29 is 19.1 Å². The van der Waals surface area contributed by atoms with Crippen LogP contribution in [-0.2, 0) is 19.1 Å². The molecular formula is C16H30O4. The topological polar surface area (TPSA) is 52.6 Å². The molecule has 0 spiro atoms. The Morgan fingerprint density at radius 1 is 1.05 bits per heavy atom. The van der Waals surface area contributed by atoms with Crippen LogP contribution in [0.1, 0.15) is 67.7 Å². The third-order valence-electron chi connectivity index (χ3n) is 2.70. The highest BCUT2D eigenvalue weighted by Gasteiger charge is 2.29. The Labute approximate surface area is 123 Å². The van der Waals surface area contributed by atoms with Crippen LogP contribution >= 0.6 is 0 Å². The zero-order valence-corrected chi connectivity index (χ0v) is 14.0. The first-order chi connectivity index (χ1) is 8.94. The monoisotopic (exact) mass is 286 g/mol. The summed E-state index contributed by atoms with van der Waals surface area (Å²) in [6.07, 6.45) is 1.57. The molecule has 0 fully saturated rings. The van der Waals surface area contributed by atoms with Gasteiger partial charge in [0, 0.05) is 6.42 Å². The van der Waals surface area contributed by atoms with Gasteiger partial charge >= 0.3 is 11.9 Å². The lowest BCUT2D eigenvalue weighted by Crippen LogP contribution is -2.28. The second kappa shape index (κ2) is 7.65. The highest BCUT2D eigenvalue weighted by molar-refractivity contribution is 5.76. The van der Waals surface area contributed by atoms with Crippen molar-refractivity contribution in [1.29, 1.82) is 0 Å². The van der Waals surface area contributed by atoms with Crippen LogP contribution in [0.15, 0.2) is 0 Å². The number of hydrogen-bond acceptors (Lipinski definition) is 4. The van der Waals surface area contributed by atoms with Gasteiger partial charge in [0.05, 0.1) is 12.0 Å². The molecule has 0 saturated heterocycles. The Balaban J connectivity index is 4.09. The molecule has 20 heavy (non-hydrogen) atoms. The zero-order chi connectivity index (χ0) is 16.0. The van der Waals surface area contributed by atoms with Crippen molar-refractivity contribution in [2.75, 3.05) is 6.61 Å². The summed E-state index contributed by atoms with van der Waals surface area (Å²) in [6.45, 7) is 13.7. The van der Waals surface area contributed by atoms with E-state index in [-0.39, 0.29) is 11.9 Å². The normalized spacial score (nSPS) is 12.4. The summed E-state index contributed by atoms with van der Waals surface area (Å²) in [5, 5.41) is 0. The average molecular weight is 286 g/mol. The number of ether oxygens (including phenoxy) is 2. The SMILES string of the molecule is CC(C)COC(=O)C(C)(C)CCCC(=O)OC(C)(C)C. The van der Waals surface area contributed by atoms with Crippen molar-refractivity contribution in [3.8, 4) is 0 Å². The molecule has 0 aliphatic rings. The maximum Gasteiger partial charge on any atom is 0.311 e. The molecule has 0 aromatic carbocycles. The fraction of sp³-hybridized carbons (Fsp3) is 0.875. The summed E-state index contributed by atoms with van der Waals surface area (Å²) in [5.41, 5.74) is -1.01. The number of rotatable bonds is 7. The summed E-state index contributed by atoms with van der Waals surface area (Å²) in [7, 11) is 0. The number of carbonyl (C=O) groups is 2. The van der Waals surface area contributed by atoms with Crippen molar-refractivity contribution in [2.24, 2.45) is 11.3 Å². The fourth-order valence-corrected chi connectivity index (χ4v) is 1.61. The maximum atomic E-state index is 11.9. The van der Waals surface area contributed by atoms with E-state index in [9.17, 15) is 9.59 Å². The molecule has 0 N–H and O–H groups in total. The van der Waals surface area contributed by atoms with Crippen molar-refractivity contribution >= 4 is 11.9 Å². The van der Waals surface area contributed by atoms with E-state index in [1.165, 1.54) is 0 Å². The Hall–Kier alpha value is -1.06. The molecule has 0 amide bonds. The van der Waals surface area contributed by atoms with Crippen LogP contribution < -0.4 is 0 Å². The third-order valence-corrected chi connectivity index (χ3v) is 2.70. The lowest BCUT2D eigenvalue weighted by atomic mass is 9.87. The second-order valence-electron chi connectivity index (χ2n) is 7.32. The first kappa shape index (κ1) is 18.9. The van der Waals surface area contributed by atoms with E-state index in [1.54, 1.807) is 0 Å². The Morgan fingerprint density at radius 2 is 1.60 bits per heavy atom. The molecule has 0 saturated carbocycles. The van der Waals surface area contributed by atoms with Gasteiger partial charge in [-0.05, 0) is 53.4 Å². The maximum absolute atomic E-state index is 11.9. The van der Waals surface area contributed by atoms with Crippen LogP contribution in [-0.4, -0.2) is 24.1 Å². The quantitative estimate of drug-likeness (QED) is 0.669. The molecular weight excluding hydrogens is 256 g/mol. The van der Waals surface area contributed by atoms with E-state index < -0.39 is 11.0 Å². The highest BCUT2D eigenvalue weighted by Crippen LogP contribution is 2.25. The van der Waals surface area contributed by atoms with Gasteiger partial charge in [-0.15, -0.1) is 0 Å². The van der Waals surface area contributed by atoms with Gasteiger partial charge < -0.3 is 9.47 Å². The van der Waals surface area contributed by atoms with Gasteiger partial charge in [0.1, 0.15) is 5.60 Å². The smallest absolute Gasteiger partial charge is 0.311 e. The number of carbonyl (C=O) groups excluding carboxylic acids is 2. The average Bonchev–Trinajstić information content (AvgIpc) is 2.22. The van der Waals surface area contributed by atoms with E-state index in [1.807, 2.05) is 48.5 Å². The molecule has 4 heteroatoms. The van der Waals surface area contributed by atoms with E-state index >= 15 is 0 Å². The molecule has 0 aromatic heterocycles. The van der Waals surface area contributed by atoms with Crippen molar-refractivity contribution in [1.82, 2.24) is 0 Å². The lowest BCUT2D eigenvalue weighted by Gasteiger charge is -2.23. The Kier molecular flexibility index (Phi) is 7.25. The largest absolute Gasteiger partial charge is 0.465 e. The summed E-state index contributed by atoms with van der Waals surface area (Å²) < 4.78 is 10.5. The number of esters is 2. The van der Waals surface area contributed by atoms with Crippen LogP contribution in [0.2, 0.25) is 0 Å². The molecule has 0 aliphatic heterocycles. The van der Waals surface area contributed by atoms with E-state index in [0.717, 1.165) is 0 Å². The zero-order valence-electron chi connectivity index (χ0n) is 14.0. The van der Waals surface area contributed by atoms with Crippen molar-refractivity contribution in [3.05, 3.63) is 0 Å². The van der Waals surface area contributed by atoms with Gasteiger partial charge in [0.2, 0.25) is 0 Å². The van der Waals surface area contributed by atoms with Gasteiger partial charge in [-0.1, -0.05) is 13.8 Å². The van der Waals surface area contributed by atoms with Crippen LogP contribution in [0.4, 0.5) is 0 Å². The molecule has 0 heterocycles. The van der Waals surface area contributed by atoms with Gasteiger partial charge in [0.25, 0.3) is 0 Å². The van der Waals surface area contributed by atoms with Gasteiger partial charge in [-0.3, -0.25) is 9.59 Å². The molecule has 4 nitrogen and oxygen atoms in total. The first-order valence-corrected chi connectivity index (χ1v) is 7.33. The van der Waals surface area contributed by atoms with Crippen LogP contribution in [0.25, 0.3) is 0 Å². The van der Waals surface area contributed by atoms with Gasteiger partial charge in [0.15, 0.2) is 0 Å². The molecule has 0 bridgehead atoms. The lowest BCUT2D eigenvalue weighted by molar-refractivity contribution is -0.158. The minimum absolute atomic E-state index is 0.199. The van der Waals surface area contributed by atoms with Crippen molar-refractivity contribution in [2.45, 2.75) is 73.3 Å². The van der Waals surface area contributed by atoms with Crippen molar-refractivity contribution in [3.63, 3.8) is 0 Å². The number of hydrogen-bond donors (Lipinski definition) is 0. The molecule has 118 valence electrons. The van der Waals surface area contributed by atoms with E-state index in [2.05, 4.69) is 0 Å². The minimum Gasteiger partial charge on any atom is -0.465 e. The van der Waals surface area contributed by atoms with Gasteiger partial charge in [-0.25, -0.2) is 0 Å². The molecule has 0 atom stereocenters. The molecule has 0 aliphatic carbocycles. The standard InChI is InChI=1S/C16H30O4/c1-12(2)11-19-14(18)16(6,7)10-8-9-13(17)20-15(3,4)5/h12H,8-11H2,1-7H3. The Morgan fingerprint density at radius 3 is 2.05 bits per heavy atom. The predicted octanol–water partition coefficient (Wildman–Crippen LogP) is 3.72. The summed E-state index contributed by atoms with van der Waals surface area (Å²) >= 11 is 0. The highest BCUT2D eigenvalue weighted by atomic mass is 16.6. The van der Waals surface area contributed by atoms with Gasteiger partial charge in [-0.2, -0.15) is 0 Å². The molecule has 0 aromatic rings. The first-order valence-electron chi connectivity index (χ1n) is 7.33. The summed E-state index contributed by atoms with van der Waals surface area (Å²) in [5.74, 6) is -0.0873. The van der Waals surface area contributed by atoms with Crippen LogP contribution in [0.5, 0.6) is 0 Å². The predicted molar refractivity (Wildman–Crippen MR) is 79.3 cm³/mol. The van der Waals surface area contributed by atoms with E-state index in [4.69, 9.17) is 9.47 Å². The Bertz CT molecular complexity index is 324. The summed E-state index contributed by atoms with van der Waals surface area (Å²) in [6, 6.07) is 0. The van der Waals surface area contributed by atoms with Crippen LogP contribution in [0.3, 0.4) is 0 Å². The second-order valence-corrected chi connectivity index (χ2v) is 7.32. The molecule has 0 rings (SSSR count). The van der Waals surface area contributed by atoms with Crippen LogP contribution in [0, 0.1) is 11.3 Å². The van der Waals surface area contributed by atoms with E-state index in [0.29, 0.717) is 31.8 Å². The third kappa shape index (κ3) is 8.94. The molecule has 0 radical (unpaired) electrons. The fourth-order valence-electron chi connectivity index (χ4n) is 1.61. The summed E-state index contributed by atoms with van der Waals surface area (Å²) in [4.78, 5) is 23.5. The minimum atomic E-state index is -0.559. The molecule has 0 unspecified atom stereocenters.